The summed E-state index contributed by atoms with van der Waals surface area (Å²) in [6.45, 7) is 3.00. The van der Waals surface area contributed by atoms with Crippen LogP contribution in [-0.2, 0) is 4.79 Å². The van der Waals surface area contributed by atoms with E-state index in [0.29, 0.717) is 0 Å². The van der Waals surface area contributed by atoms with Gasteiger partial charge in [-0.1, -0.05) is 18.2 Å². The summed E-state index contributed by atoms with van der Waals surface area (Å²) in [7, 11) is 0. The van der Waals surface area contributed by atoms with Crippen molar-refractivity contribution >= 4 is 24.0 Å². The van der Waals surface area contributed by atoms with Crippen molar-refractivity contribution in [1.82, 2.24) is 5.32 Å². The maximum atomic E-state index is 12.2. The van der Waals surface area contributed by atoms with Gasteiger partial charge < -0.3 is 10.2 Å². The Morgan fingerprint density at radius 2 is 1.78 bits per heavy atom. The van der Waals surface area contributed by atoms with Gasteiger partial charge in [-0.2, -0.15) is 0 Å². The predicted molar refractivity (Wildman–Crippen MR) is 75.2 cm³/mol. The van der Waals surface area contributed by atoms with E-state index in [1.54, 1.807) is 0 Å². The maximum Gasteiger partial charge on any atom is 0.227 e. The van der Waals surface area contributed by atoms with E-state index in [4.69, 9.17) is 0 Å². The van der Waals surface area contributed by atoms with Gasteiger partial charge in [-0.3, -0.25) is 4.79 Å². The number of piperidine rings is 1. The van der Waals surface area contributed by atoms with Crippen LogP contribution in [0.15, 0.2) is 30.3 Å². The number of amides is 1. The van der Waals surface area contributed by atoms with Crippen LogP contribution in [0.4, 0.5) is 5.69 Å². The third kappa shape index (κ3) is 2.38. The molecule has 2 heterocycles. The second-order valence-corrected chi connectivity index (χ2v) is 5.24. The van der Waals surface area contributed by atoms with Crippen LogP contribution in [0.1, 0.15) is 19.3 Å². The van der Waals surface area contributed by atoms with Crippen LogP contribution in [0.25, 0.3) is 0 Å². The van der Waals surface area contributed by atoms with E-state index in [0.717, 1.165) is 44.6 Å². The molecule has 3 nitrogen and oxygen atoms in total. The number of carbonyl (C=O) groups is 1. The summed E-state index contributed by atoms with van der Waals surface area (Å²) in [5.41, 5.74) is 1.28. The maximum absolute atomic E-state index is 12.2. The summed E-state index contributed by atoms with van der Waals surface area (Å²) in [6, 6.07) is 10.0. The molecule has 18 heavy (non-hydrogen) atoms. The summed E-state index contributed by atoms with van der Waals surface area (Å²) < 4.78 is 0. The van der Waals surface area contributed by atoms with Crippen LogP contribution in [0.5, 0.6) is 0 Å². The van der Waals surface area contributed by atoms with Gasteiger partial charge in [0.2, 0.25) is 5.91 Å². The second kappa shape index (κ2) is 5.29. The Morgan fingerprint density at radius 3 is 2.44 bits per heavy atom. The monoisotopic (exact) mass is 266 g/mol. The van der Waals surface area contributed by atoms with Crippen molar-refractivity contribution in [3.05, 3.63) is 30.3 Å². The van der Waals surface area contributed by atoms with Crippen molar-refractivity contribution in [2.75, 3.05) is 24.5 Å². The highest BCUT2D eigenvalue weighted by molar-refractivity contribution is 5.96. The molecule has 1 spiro atoms. The molecule has 0 unspecified atom stereocenters. The first-order chi connectivity index (χ1) is 8.29. The number of halogens is 1. The smallest absolute Gasteiger partial charge is 0.227 e. The standard InChI is InChI=1S/C14H18N2O.ClH/c17-13-10-14(6-8-15-9-7-14)11-16(13)12-4-2-1-3-5-12;/h1-5,15H,6-11H2;1H. The Labute approximate surface area is 114 Å². The molecule has 0 aliphatic carbocycles. The predicted octanol–water partition coefficient (Wildman–Crippen LogP) is 2.21. The van der Waals surface area contributed by atoms with Crippen LogP contribution in [-0.4, -0.2) is 25.5 Å². The van der Waals surface area contributed by atoms with E-state index in [-0.39, 0.29) is 23.7 Å². The lowest BCUT2D eigenvalue weighted by Gasteiger charge is -2.33. The topological polar surface area (TPSA) is 32.3 Å². The van der Waals surface area contributed by atoms with Gasteiger partial charge in [-0.05, 0) is 43.5 Å². The van der Waals surface area contributed by atoms with Crippen molar-refractivity contribution in [3.8, 4) is 0 Å². The average molecular weight is 267 g/mol. The number of hydrogen-bond acceptors (Lipinski definition) is 2. The highest BCUT2D eigenvalue weighted by Crippen LogP contribution is 2.40. The number of nitrogens with zero attached hydrogens (tertiary/aromatic N) is 1. The summed E-state index contributed by atoms with van der Waals surface area (Å²) in [5, 5.41) is 3.38. The lowest BCUT2D eigenvalue weighted by Crippen LogP contribution is -2.38. The fourth-order valence-corrected chi connectivity index (χ4v) is 3.03. The summed E-state index contributed by atoms with van der Waals surface area (Å²) in [5.74, 6) is 0.290. The molecule has 1 N–H and O–H groups in total. The number of benzene rings is 1. The number of anilines is 1. The molecule has 0 radical (unpaired) electrons. The van der Waals surface area contributed by atoms with Crippen LogP contribution in [0, 0.1) is 5.41 Å². The van der Waals surface area contributed by atoms with Crippen LogP contribution in [0.3, 0.4) is 0 Å². The fraction of sp³-hybridized carbons (Fsp3) is 0.500. The fourth-order valence-electron chi connectivity index (χ4n) is 3.03. The van der Waals surface area contributed by atoms with Gasteiger partial charge in [-0.15, -0.1) is 12.4 Å². The highest BCUT2D eigenvalue weighted by atomic mass is 35.5. The second-order valence-electron chi connectivity index (χ2n) is 5.24. The summed E-state index contributed by atoms with van der Waals surface area (Å²) in [4.78, 5) is 14.1. The number of rotatable bonds is 1. The van der Waals surface area contributed by atoms with E-state index >= 15 is 0 Å². The third-order valence-electron chi connectivity index (χ3n) is 4.05. The van der Waals surface area contributed by atoms with Crippen molar-refractivity contribution in [2.45, 2.75) is 19.3 Å². The molecule has 1 aromatic carbocycles. The minimum atomic E-state index is 0. The van der Waals surface area contributed by atoms with Crippen molar-refractivity contribution in [2.24, 2.45) is 5.41 Å². The number of hydrogen-bond donors (Lipinski definition) is 1. The van der Waals surface area contributed by atoms with Gasteiger partial charge in [0.25, 0.3) is 0 Å². The third-order valence-corrected chi connectivity index (χ3v) is 4.05. The van der Waals surface area contributed by atoms with E-state index in [1.807, 2.05) is 35.2 Å². The van der Waals surface area contributed by atoms with Gasteiger partial charge in [0.15, 0.2) is 0 Å². The lowest BCUT2D eigenvalue weighted by molar-refractivity contribution is -0.117. The minimum absolute atomic E-state index is 0. The van der Waals surface area contributed by atoms with Crippen LogP contribution in [0.2, 0.25) is 0 Å². The summed E-state index contributed by atoms with van der Waals surface area (Å²) >= 11 is 0. The SMILES string of the molecule is Cl.O=C1CC2(CCNCC2)CN1c1ccccc1. The number of nitrogens with one attached hydrogen (secondary N) is 1. The van der Waals surface area contributed by atoms with Gasteiger partial charge in [0.1, 0.15) is 0 Å². The molecule has 1 amide bonds. The highest BCUT2D eigenvalue weighted by Gasteiger charge is 2.43. The van der Waals surface area contributed by atoms with Gasteiger partial charge >= 0.3 is 0 Å². The molecule has 4 heteroatoms. The van der Waals surface area contributed by atoms with Crippen LogP contribution < -0.4 is 10.2 Å². The Morgan fingerprint density at radius 1 is 1.11 bits per heavy atom. The Kier molecular flexibility index (Phi) is 3.93. The Bertz CT molecular complexity index is 415. The van der Waals surface area contributed by atoms with Crippen molar-refractivity contribution in [3.63, 3.8) is 0 Å². The molecule has 98 valence electrons. The average Bonchev–Trinajstić information content (AvgIpc) is 2.68. The molecular weight excluding hydrogens is 248 g/mol. The molecule has 3 rings (SSSR count). The summed E-state index contributed by atoms with van der Waals surface area (Å²) in [6.07, 6.45) is 2.98. The largest absolute Gasteiger partial charge is 0.317 e. The lowest BCUT2D eigenvalue weighted by atomic mass is 9.78. The molecule has 2 aliphatic rings. The normalized spacial score (nSPS) is 22.0. The molecular formula is C14H19ClN2O. The quantitative estimate of drug-likeness (QED) is 0.845. The number of carbonyl (C=O) groups excluding carboxylic acids is 1. The molecule has 0 saturated carbocycles. The van der Waals surface area contributed by atoms with E-state index in [2.05, 4.69) is 5.32 Å². The van der Waals surface area contributed by atoms with E-state index in [9.17, 15) is 4.79 Å². The molecule has 0 atom stereocenters. The molecule has 2 saturated heterocycles. The van der Waals surface area contributed by atoms with Crippen molar-refractivity contribution < 1.29 is 4.79 Å². The van der Waals surface area contributed by atoms with Crippen molar-refractivity contribution in [1.29, 1.82) is 0 Å². The van der Waals surface area contributed by atoms with E-state index < -0.39 is 0 Å². The van der Waals surface area contributed by atoms with Gasteiger partial charge in [0, 0.05) is 18.7 Å². The minimum Gasteiger partial charge on any atom is -0.317 e. The van der Waals surface area contributed by atoms with Gasteiger partial charge in [-0.25, -0.2) is 0 Å². The molecule has 1 aromatic rings. The molecule has 2 fully saturated rings. The first kappa shape index (κ1) is 13.4. The Hall–Kier alpha value is -1.06. The zero-order valence-corrected chi connectivity index (χ0v) is 11.2. The van der Waals surface area contributed by atoms with Crippen LogP contribution >= 0.6 is 12.4 Å². The molecule has 0 bridgehead atoms. The number of para-hydroxylation sites is 1. The first-order valence-electron chi connectivity index (χ1n) is 6.35. The molecule has 2 aliphatic heterocycles. The first-order valence-corrected chi connectivity index (χ1v) is 6.35. The zero-order valence-electron chi connectivity index (χ0n) is 10.4. The van der Waals surface area contributed by atoms with Gasteiger partial charge in [0.05, 0.1) is 0 Å². The zero-order chi connectivity index (χ0) is 11.7. The Balaban J connectivity index is 0.00000120. The van der Waals surface area contributed by atoms with E-state index in [1.165, 1.54) is 0 Å². The molecule has 0 aromatic heterocycles.